The Hall–Kier alpha value is -14.5. The normalized spacial score (nSPS) is 17.6. The number of carbonyl (C=O) groups is 3. The van der Waals surface area contributed by atoms with Gasteiger partial charge < -0.3 is 39.5 Å². The van der Waals surface area contributed by atoms with Crippen molar-refractivity contribution in [3.8, 4) is 56.2 Å². The van der Waals surface area contributed by atoms with E-state index in [1.807, 2.05) is 153 Å². The molecule has 15 heterocycles. The summed E-state index contributed by atoms with van der Waals surface area (Å²) in [5, 5.41) is 28.1. The third kappa shape index (κ3) is 15.8. The van der Waals surface area contributed by atoms with Crippen molar-refractivity contribution in [2.24, 2.45) is 0 Å². The SMILES string of the molecule is C=CC(=O)N1CC2CNc3c(c4cc(F)c(-c5c(C)ccc6[nH]ncc56)c(F)c4n(-c4c(C(C)C)ncnc4C(C)C)c3=O)N2CC1C.C=CC(=O)N1CC2COc3c(c4cc(F)c(-c5c(C)ccc6[nH]ncc56)c(Cl)c4n(-c4c(C(C)C)ncnc4C(C)C)c3=O)N2CC1C.C=CC(=O)N1CC2Cc3c(c4cc(F)c(-c5c(C)ccc6[nH]ncc56)c(Cl)c4n(-c4c(C(C)C)ncnc4C(C)C)c3=O)N2CC1C. The molecular formula is C108H112Cl2F4N22O7. The highest BCUT2D eigenvalue weighted by atomic mass is 35.5. The number of nitrogens with one attached hydrogen (secondary N) is 4. The van der Waals surface area contributed by atoms with Crippen LogP contribution < -0.4 is 41.4 Å². The van der Waals surface area contributed by atoms with Crippen LogP contribution in [0.2, 0.25) is 10.0 Å². The zero-order valence-electron chi connectivity index (χ0n) is 83.0. The molecule has 6 aromatic carbocycles. The Morgan fingerprint density at radius 1 is 0.413 bits per heavy atom. The summed E-state index contributed by atoms with van der Waals surface area (Å²) in [4.78, 5) is 122. The van der Waals surface area contributed by atoms with E-state index in [1.165, 1.54) is 64.5 Å². The molecule has 143 heavy (non-hydrogen) atoms. The van der Waals surface area contributed by atoms with Crippen LogP contribution in [0.5, 0.6) is 5.75 Å². The van der Waals surface area contributed by atoms with Crippen molar-refractivity contribution in [3.05, 3.63) is 251 Å². The molecule has 4 N–H and O–H groups in total. The quantitative estimate of drug-likeness (QED) is 0.0547. The summed E-state index contributed by atoms with van der Waals surface area (Å²) in [6, 6.07) is 14.2. The van der Waals surface area contributed by atoms with E-state index in [0.717, 1.165) is 27.5 Å². The number of nitrogens with zero attached hydrogens (tertiary/aromatic N) is 18. The first-order valence-electron chi connectivity index (χ1n) is 48.4. The summed E-state index contributed by atoms with van der Waals surface area (Å²) in [6.45, 7) is 49.3. The predicted molar refractivity (Wildman–Crippen MR) is 554 cm³/mol. The van der Waals surface area contributed by atoms with Gasteiger partial charge in [0, 0.05) is 136 Å². The Morgan fingerprint density at radius 3 is 1.14 bits per heavy atom. The molecule has 21 rings (SSSR count). The minimum absolute atomic E-state index is 0.0491. The van der Waals surface area contributed by atoms with Crippen molar-refractivity contribution in [1.29, 1.82) is 0 Å². The van der Waals surface area contributed by atoms with Crippen molar-refractivity contribution in [2.75, 3.05) is 72.4 Å². The van der Waals surface area contributed by atoms with Gasteiger partial charge in [-0.2, -0.15) is 15.3 Å². The number of pyridine rings is 3. The standard InChI is InChI=1S/C36H37ClFN7O3.C36H37ClFN7O2.C36H38F2N8O2/c1-8-26(46)43-14-21-15-48-35-33(44(21)13-20(43)7)22-11-24(38)28(27-19(6)9-10-25-23(27)12-41-42-25)29(37)32(22)45(36(35)47)34-30(17(2)3)39-16-40-31(34)18(4)5;1-8-27(46)43-15-21-11-23-33(44(21)14-20(43)7)22-12-25(38)29(28-19(6)9-10-26-24(28)13-41-42-26)30(37)34(22)45(36(23)47)35-31(17(2)3)39-16-40-32(35)18(4)5;1-8-26(47)44-15-21-12-39-32-34(45(21)14-20(44)7)22-11-24(37)28(27-19(6)9-10-25-23(27)13-42-43-25)29(38)33(22)46(36(32)48)35-30(17(2)3)40-16-41-31(35)18(4)5/h8-12,16-18,20-21H,1,13-15H2,2-7H3,(H,41,42);8-10,12-13,16-18,20-21H,1,11,14-15H2,2-7H3,(H,41,42);8-11,13,16-18,20-21,39H,1,12,14-15H2,2-7H3,(H,42,43). The second-order valence-corrected chi connectivity index (χ2v) is 40.9. The minimum atomic E-state index is -0.870. The van der Waals surface area contributed by atoms with Crippen molar-refractivity contribution in [2.45, 2.75) is 203 Å². The number of halogens is 6. The van der Waals surface area contributed by atoms with Crippen LogP contribution in [0.15, 0.2) is 145 Å². The number of hydrogen-bond donors (Lipinski definition) is 4. The summed E-state index contributed by atoms with van der Waals surface area (Å²) >= 11 is 14.9. The molecule has 6 unspecified atom stereocenters. The molecule has 35 heteroatoms. The van der Waals surface area contributed by atoms with E-state index in [9.17, 15) is 24.0 Å². The van der Waals surface area contributed by atoms with Crippen molar-refractivity contribution < 1.29 is 36.7 Å². The largest absolute Gasteiger partial charge is 0.484 e. The third-order valence-corrected chi connectivity index (χ3v) is 29.7. The summed E-state index contributed by atoms with van der Waals surface area (Å²) < 4.78 is 79.0. The summed E-state index contributed by atoms with van der Waals surface area (Å²) in [5.41, 5.74) is 13.3. The number of piperazine rings is 3. The van der Waals surface area contributed by atoms with Crippen molar-refractivity contribution >= 4 is 129 Å². The van der Waals surface area contributed by atoms with E-state index in [4.69, 9.17) is 27.9 Å². The fourth-order valence-electron chi connectivity index (χ4n) is 22.3. The molecular weight excluding hydrogens is 1860 g/mol. The van der Waals surface area contributed by atoms with Gasteiger partial charge in [0.05, 0.1) is 154 Å². The third-order valence-electron chi connectivity index (χ3n) is 29.0. The van der Waals surface area contributed by atoms with Crippen LogP contribution in [0, 0.1) is 44.0 Å². The zero-order valence-corrected chi connectivity index (χ0v) is 84.5. The van der Waals surface area contributed by atoms with Crippen LogP contribution in [0.25, 0.3) is 116 Å². The lowest BCUT2D eigenvalue weighted by Gasteiger charge is -2.49. The number of carbonyl (C=O) groups excluding carboxylic acids is 3. The maximum atomic E-state index is 17.7. The van der Waals surface area contributed by atoms with Gasteiger partial charge in [0.1, 0.15) is 48.7 Å². The molecule has 6 aliphatic heterocycles. The Kier molecular flexibility index (Phi) is 25.5. The van der Waals surface area contributed by atoms with E-state index in [0.29, 0.717) is 186 Å². The average molecular weight is 1980 g/mol. The van der Waals surface area contributed by atoms with Crippen LogP contribution in [0.1, 0.15) is 196 Å². The first kappa shape index (κ1) is 97.4. The Bertz CT molecular complexity index is 7690. The Balaban J connectivity index is 0.000000136. The lowest BCUT2D eigenvalue weighted by molar-refractivity contribution is -0.129. The van der Waals surface area contributed by atoms with Gasteiger partial charge in [-0.1, -0.05) is 144 Å². The maximum absolute atomic E-state index is 17.7. The number of aryl methyl sites for hydroxylation is 3. The van der Waals surface area contributed by atoms with Gasteiger partial charge in [0.2, 0.25) is 23.5 Å². The highest BCUT2D eigenvalue weighted by Gasteiger charge is 2.47. The van der Waals surface area contributed by atoms with Gasteiger partial charge in [-0.25, -0.2) is 47.5 Å². The number of aromatic nitrogens is 15. The first-order chi connectivity index (χ1) is 68.3. The fourth-order valence-corrected chi connectivity index (χ4v) is 23.0. The summed E-state index contributed by atoms with van der Waals surface area (Å²) in [5.74, 6) is -3.66. The fraction of sp³-hybridized carbons (Fsp3) is 0.361. The van der Waals surface area contributed by atoms with E-state index in [2.05, 4.69) is 95.3 Å². The molecule has 0 saturated carbocycles. The molecule has 3 amide bonds. The van der Waals surface area contributed by atoms with Crippen molar-refractivity contribution in [1.82, 2.24) is 88.9 Å². The molecule has 6 aliphatic rings. The first-order valence-corrected chi connectivity index (χ1v) is 49.2. The summed E-state index contributed by atoms with van der Waals surface area (Å²) in [7, 11) is 0. The van der Waals surface area contributed by atoms with E-state index in [-0.39, 0.29) is 151 Å². The van der Waals surface area contributed by atoms with E-state index in [1.54, 1.807) is 50.8 Å². The minimum Gasteiger partial charge on any atom is -0.484 e. The van der Waals surface area contributed by atoms with Crippen LogP contribution in [0.3, 0.4) is 0 Å². The molecule has 0 radical (unpaired) electrons. The van der Waals surface area contributed by atoms with Crippen LogP contribution in [0.4, 0.5) is 40.3 Å². The van der Waals surface area contributed by atoms with Gasteiger partial charge in [0.25, 0.3) is 16.7 Å². The Labute approximate surface area is 832 Å². The van der Waals surface area contributed by atoms with Crippen LogP contribution in [-0.2, 0) is 20.8 Å². The second kappa shape index (κ2) is 37.4. The van der Waals surface area contributed by atoms with E-state index < -0.39 is 34.4 Å². The molecule has 738 valence electrons. The zero-order chi connectivity index (χ0) is 102. The highest BCUT2D eigenvalue weighted by Crippen LogP contribution is 2.53. The average Bonchev–Trinajstić information content (AvgIpc) is 1.64. The smallest absolute Gasteiger partial charge is 0.300 e. The molecule has 6 atom stereocenters. The number of amides is 3. The molecule has 3 saturated heterocycles. The van der Waals surface area contributed by atoms with Crippen molar-refractivity contribution in [3.63, 3.8) is 0 Å². The number of H-pyrrole nitrogens is 3. The molecule has 0 aliphatic carbocycles. The molecule has 15 aromatic rings. The predicted octanol–water partition coefficient (Wildman–Crippen LogP) is 19.6. The van der Waals surface area contributed by atoms with Gasteiger partial charge in [0.15, 0.2) is 5.82 Å². The topological polar surface area (TPSA) is 321 Å². The van der Waals surface area contributed by atoms with Gasteiger partial charge in [-0.05, 0) is 148 Å². The molecule has 3 fully saturated rings. The van der Waals surface area contributed by atoms with E-state index >= 15 is 22.4 Å². The number of fused-ring (bicyclic) bond motifs is 18. The molecule has 29 nitrogen and oxygen atoms in total. The molecule has 9 aromatic heterocycles. The number of benzene rings is 6. The monoisotopic (exact) mass is 1970 g/mol. The van der Waals surface area contributed by atoms with Crippen LogP contribution >= 0.6 is 23.2 Å². The van der Waals surface area contributed by atoms with Gasteiger partial charge in [-0.3, -0.25) is 57.8 Å². The van der Waals surface area contributed by atoms with Crippen LogP contribution in [-0.4, -0.2) is 195 Å². The number of ether oxygens (including phenoxy) is 1. The van der Waals surface area contributed by atoms with Gasteiger partial charge in [-0.15, -0.1) is 0 Å². The maximum Gasteiger partial charge on any atom is 0.300 e. The highest BCUT2D eigenvalue weighted by molar-refractivity contribution is 6.40. The Morgan fingerprint density at radius 2 is 0.748 bits per heavy atom. The summed E-state index contributed by atoms with van der Waals surface area (Å²) in [6.07, 6.45) is 13.7. The lowest BCUT2D eigenvalue weighted by atomic mass is 9.92. The number of anilines is 4. The molecule has 0 bridgehead atoms. The number of aromatic amines is 3. The lowest BCUT2D eigenvalue weighted by Crippen LogP contribution is -2.62. The number of hydrogen-bond acceptors (Lipinski definition) is 20. The second-order valence-electron chi connectivity index (χ2n) is 40.1. The number of rotatable bonds is 15. The molecule has 0 spiro atoms. The van der Waals surface area contributed by atoms with Gasteiger partial charge >= 0.3 is 0 Å².